The van der Waals surface area contributed by atoms with Gasteiger partial charge in [-0.2, -0.15) is 0 Å². The zero-order chi connectivity index (χ0) is 16.6. The Morgan fingerprint density at radius 1 is 1.35 bits per heavy atom. The van der Waals surface area contributed by atoms with Crippen LogP contribution in [0.5, 0.6) is 5.75 Å². The average molecular weight is 456 g/mol. The third-order valence-electron chi connectivity index (χ3n) is 2.81. The number of nitrogens with two attached hydrogens (primary N) is 1. The molecule has 0 radical (unpaired) electrons. The first-order chi connectivity index (χ1) is 10.3. The molecule has 132 valence electrons. The molecule has 9 heteroatoms. The highest BCUT2D eigenvalue weighted by Crippen LogP contribution is 2.16. The molecule has 1 aromatic carbocycles. The van der Waals surface area contributed by atoms with Crippen LogP contribution < -0.4 is 20.5 Å². The predicted octanol–water partition coefficient (Wildman–Crippen LogP) is 1.76. The largest absolute Gasteiger partial charge is 0.492 e. The molecule has 1 unspecified atom stereocenters. The van der Waals surface area contributed by atoms with Crippen LogP contribution in [0.15, 0.2) is 29.3 Å². The van der Waals surface area contributed by atoms with Crippen LogP contribution in [0.25, 0.3) is 0 Å². The molecule has 7 nitrogen and oxygen atoms in total. The molecular formula is C14H25IN4O3S. The SMILES string of the molecule is CCC(C)NC(N)=NCCOc1ccc(NS(C)(=O)=O)cc1.I. The molecule has 0 fully saturated rings. The minimum atomic E-state index is -3.26. The number of aliphatic imine (C=N–C) groups is 1. The van der Waals surface area contributed by atoms with E-state index in [1.165, 1.54) is 0 Å². The van der Waals surface area contributed by atoms with Crippen molar-refractivity contribution >= 4 is 45.6 Å². The van der Waals surface area contributed by atoms with Crippen molar-refractivity contribution in [1.82, 2.24) is 5.32 Å². The first-order valence-corrected chi connectivity index (χ1v) is 8.96. The maximum atomic E-state index is 11.1. The summed E-state index contributed by atoms with van der Waals surface area (Å²) < 4.78 is 30.1. The van der Waals surface area contributed by atoms with Crippen LogP contribution in [0.4, 0.5) is 5.69 Å². The van der Waals surface area contributed by atoms with Crippen molar-refractivity contribution in [3.8, 4) is 5.75 Å². The van der Waals surface area contributed by atoms with Crippen LogP contribution in [0.3, 0.4) is 0 Å². The van der Waals surface area contributed by atoms with Crippen LogP contribution in [-0.2, 0) is 10.0 Å². The number of sulfonamides is 1. The van der Waals surface area contributed by atoms with E-state index in [0.717, 1.165) is 12.7 Å². The van der Waals surface area contributed by atoms with Gasteiger partial charge in [-0.3, -0.25) is 4.72 Å². The first-order valence-electron chi connectivity index (χ1n) is 7.07. The number of benzene rings is 1. The summed E-state index contributed by atoms with van der Waals surface area (Å²) >= 11 is 0. The molecule has 0 aliphatic rings. The summed E-state index contributed by atoms with van der Waals surface area (Å²) in [6.45, 7) is 4.93. The molecule has 0 spiro atoms. The molecule has 0 saturated carbocycles. The molecule has 0 aromatic heterocycles. The second-order valence-corrected chi connectivity index (χ2v) is 6.72. The van der Waals surface area contributed by atoms with E-state index in [-0.39, 0.29) is 24.0 Å². The van der Waals surface area contributed by atoms with Crippen LogP contribution >= 0.6 is 24.0 Å². The minimum Gasteiger partial charge on any atom is -0.492 e. The lowest BCUT2D eigenvalue weighted by molar-refractivity contribution is 0.328. The molecule has 4 N–H and O–H groups in total. The van der Waals surface area contributed by atoms with E-state index in [4.69, 9.17) is 10.5 Å². The predicted molar refractivity (Wildman–Crippen MR) is 105 cm³/mol. The smallest absolute Gasteiger partial charge is 0.229 e. The Balaban J connectivity index is 0.00000484. The van der Waals surface area contributed by atoms with E-state index in [1.54, 1.807) is 24.3 Å². The Hall–Kier alpha value is -1.23. The summed E-state index contributed by atoms with van der Waals surface area (Å²) in [5.41, 5.74) is 6.22. The summed E-state index contributed by atoms with van der Waals surface area (Å²) in [5.74, 6) is 1.05. The average Bonchev–Trinajstić information content (AvgIpc) is 2.43. The highest BCUT2D eigenvalue weighted by molar-refractivity contribution is 14.0. The van der Waals surface area contributed by atoms with Crippen molar-refractivity contribution in [1.29, 1.82) is 0 Å². The van der Waals surface area contributed by atoms with Gasteiger partial charge in [0.2, 0.25) is 10.0 Å². The maximum absolute atomic E-state index is 11.1. The Bertz CT molecular complexity index is 591. The number of hydrogen-bond donors (Lipinski definition) is 3. The number of guanidine groups is 1. The Labute approximate surface area is 155 Å². The van der Waals surface area contributed by atoms with E-state index in [2.05, 4.69) is 22.0 Å². The molecule has 0 amide bonds. The molecular weight excluding hydrogens is 431 g/mol. The topological polar surface area (TPSA) is 106 Å². The van der Waals surface area contributed by atoms with Gasteiger partial charge in [0.25, 0.3) is 0 Å². The standard InChI is InChI=1S/C14H24N4O3S.HI/c1-4-11(2)17-14(15)16-9-10-21-13-7-5-12(6-8-13)18-22(3,19)20;/h5-8,11,18H,4,9-10H2,1-3H3,(H3,15,16,17);1H. The Morgan fingerprint density at radius 3 is 2.48 bits per heavy atom. The Kier molecular flexibility index (Phi) is 9.96. The van der Waals surface area contributed by atoms with Crippen LogP contribution in [0.1, 0.15) is 20.3 Å². The summed E-state index contributed by atoms with van der Waals surface area (Å²) in [6, 6.07) is 6.95. The number of nitrogens with zero attached hydrogens (tertiary/aromatic N) is 1. The van der Waals surface area contributed by atoms with Crippen LogP contribution in [-0.4, -0.2) is 39.8 Å². The Morgan fingerprint density at radius 2 is 1.96 bits per heavy atom. The van der Waals surface area contributed by atoms with Crippen molar-refractivity contribution in [3.63, 3.8) is 0 Å². The molecule has 0 heterocycles. The van der Waals surface area contributed by atoms with Gasteiger partial charge in [0, 0.05) is 11.7 Å². The fourth-order valence-electron chi connectivity index (χ4n) is 1.56. The summed E-state index contributed by atoms with van der Waals surface area (Å²) in [5, 5.41) is 3.06. The van der Waals surface area contributed by atoms with Gasteiger partial charge in [-0.25, -0.2) is 13.4 Å². The van der Waals surface area contributed by atoms with Gasteiger partial charge in [-0.15, -0.1) is 24.0 Å². The summed E-state index contributed by atoms with van der Waals surface area (Å²) in [6.07, 6.45) is 2.08. The lowest BCUT2D eigenvalue weighted by atomic mass is 10.3. The van der Waals surface area contributed by atoms with Crippen LogP contribution in [0.2, 0.25) is 0 Å². The van der Waals surface area contributed by atoms with E-state index in [9.17, 15) is 8.42 Å². The van der Waals surface area contributed by atoms with Gasteiger partial charge in [0.05, 0.1) is 12.8 Å². The number of anilines is 1. The number of hydrogen-bond acceptors (Lipinski definition) is 4. The normalized spacial score (nSPS) is 12.9. The first kappa shape index (κ1) is 21.8. The zero-order valence-corrected chi connectivity index (χ0v) is 16.7. The molecule has 1 aromatic rings. The number of ether oxygens (including phenoxy) is 1. The highest BCUT2D eigenvalue weighted by atomic mass is 127. The summed E-state index contributed by atoms with van der Waals surface area (Å²) in [7, 11) is -3.26. The highest BCUT2D eigenvalue weighted by Gasteiger charge is 2.02. The minimum absolute atomic E-state index is 0. The molecule has 0 bridgehead atoms. The lowest BCUT2D eigenvalue weighted by Gasteiger charge is -2.11. The van der Waals surface area contributed by atoms with Crippen molar-refractivity contribution in [2.75, 3.05) is 24.1 Å². The van der Waals surface area contributed by atoms with Gasteiger partial charge in [0.15, 0.2) is 5.96 Å². The molecule has 0 aliphatic heterocycles. The second kappa shape index (κ2) is 10.5. The van der Waals surface area contributed by atoms with Gasteiger partial charge >= 0.3 is 0 Å². The third-order valence-corrected chi connectivity index (χ3v) is 3.41. The molecule has 1 atom stereocenters. The molecule has 0 saturated heterocycles. The fourth-order valence-corrected chi connectivity index (χ4v) is 2.13. The van der Waals surface area contributed by atoms with Gasteiger partial charge in [-0.1, -0.05) is 6.92 Å². The van der Waals surface area contributed by atoms with E-state index >= 15 is 0 Å². The molecule has 23 heavy (non-hydrogen) atoms. The third kappa shape index (κ3) is 10.2. The van der Waals surface area contributed by atoms with Gasteiger partial charge in [0.1, 0.15) is 12.4 Å². The van der Waals surface area contributed by atoms with Crippen molar-refractivity contribution in [2.45, 2.75) is 26.3 Å². The maximum Gasteiger partial charge on any atom is 0.229 e. The van der Waals surface area contributed by atoms with E-state index in [0.29, 0.717) is 36.6 Å². The second-order valence-electron chi connectivity index (χ2n) is 4.97. The zero-order valence-electron chi connectivity index (χ0n) is 13.6. The number of rotatable bonds is 8. The molecule has 1 rings (SSSR count). The number of halogens is 1. The fraction of sp³-hybridized carbons (Fsp3) is 0.500. The summed E-state index contributed by atoms with van der Waals surface area (Å²) in [4.78, 5) is 4.16. The van der Waals surface area contributed by atoms with Gasteiger partial charge < -0.3 is 15.8 Å². The van der Waals surface area contributed by atoms with E-state index < -0.39 is 10.0 Å². The molecule has 0 aliphatic carbocycles. The van der Waals surface area contributed by atoms with E-state index in [1.807, 2.05) is 6.92 Å². The number of nitrogens with one attached hydrogen (secondary N) is 2. The van der Waals surface area contributed by atoms with Gasteiger partial charge in [-0.05, 0) is 37.6 Å². The van der Waals surface area contributed by atoms with Crippen molar-refractivity contribution in [3.05, 3.63) is 24.3 Å². The quantitative estimate of drug-likeness (QED) is 0.239. The monoisotopic (exact) mass is 456 g/mol. The lowest BCUT2D eigenvalue weighted by Crippen LogP contribution is -2.38. The van der Waals surface area contributed by atoms with Crippen LogP contribution in [0, 0.1) is 0 Å². The van der Waals surface area contributed by atoms with Crippen molar-refractivity contribution < 1.29 is 13.2 Å². The van der Waals surface area contributed by atoms with Crippen molar-refractivity contribution in [2.24, 2.45) is 10.7 Å².